The Kier molecular flexibility index (Phi) is 3.92. The number of nitrogens with one attached hydrogen (secondary N) is 1. The molecule has 0 amide bonds. The lowest BCUT2D eigenvalue weighted by molar-refractivity contribution is 0.160. The first-order valence-corrected chi connectivity index (χ1v) is 8.44. The molecule has 2 nitrogen and oxygen atoms in total. The van der Waals surface area contributed by atoms with Crippen molar-refractivity contribution in [2.45, 2.75) is 58.4 Å². The fraction of sp³-hybridized carbons (Fsp3) is 1.00. The largest absolute Gasteiger partial charge is 0.313 e. The second-order valence-electron chi connectivity index (χ2n) is 8.45. The fourth-order valence-corrected chi connectivity index (χ4v) is 4.56. The predicted octanol–water partition coefficient (Wildman–Crippen LogP) is 3.13. The van der Waals surface area contributed by atoms with E-state index in [0.717, 1.165) is 23.8 Å². The van der Waals surface area contributed by atoms with Crippen LogP contribution < -0.4 is 5.32 Å². The number of nitrogens with zero attached hydrogens (tertiary/aromatic N) is 1. The van der Waals surface area contributed by atoms with Crippen molar-refractivity contribution in [3.05, 3.63) is 0 Å². The Morgan fingerprint density at radius 3 is 2.47 bits per heavy atom. The van der Waals surface area contributed by atoms with Crippen LogP contribution in [0.5, 0.6) is 0 Å². The van der Waals surface area contributed by atoms with Crippen LogP contribution in [0, 0.1) is 23.2 Å². The van der Waals surface area contributed by atoms with Crippen LogP contribution in [-0.4, -0.2) is 37.6 Å². The zero-order valence-corrected chi connectivity index (χ0v) is 13.1. The van der Waals surface area contributed by atoms with Crippen LogP contribution in [0.1, 0.15) is 52.4 Å². The van der Waals surface area contributed by atoms with Gasteiger partial charge >= 0.3 is 0 Å². The van der Waals surface area contributed by atoms with Gasteiger partial charge in [-0.3, -0.25) is 0 Å². The zero-order chi connectivity index (χ0) is 13.5. The van der Waals surface area contributed by atoms with Crippen LogP contribution in [0.4, 0.5) is 0 Å². The summed E-state index contributed by atoms with van der Waals surface area (Å²) in [6.45, 7) is 8.59. The quantitative estimate of drug-likeness (QED) is 0.760. The third-order valence-electron chi connectivity index (χ3n) is 5.58. The van der Waals surface area contributed by atoms with Crippen molar-refractivity contribution in [1.29, 1.82) is 0 Å². The lowest BCUT2D eigenvalue weighted by Crippen LogP contribution is -2.41. The highest BCUT2D eigenvalue weighted by molar-refractivity contribution is 4.91. The topological polar surface area (TPSA) is 15.3 Å². The van der Waals surface area contributed by atoms with Crippen molar-refractivity contribution < 1.29 is 0 Å². The van der Waals surface area contributed by atoms with Gasteiger partial charge in [0.15, 0.2) is 0 Å². The van der Waals surface area contributed by atoms with E-state index in [0.29, 0.717) is 5.41 Å². The van der Waals surface area contributed by atoms with Gasteiger partial charge in [-0.15, -0.1) is 0 Å². The third kappa shape index (κ3) is 3.72. The van der Waals surface area contributed by atoms with E-state index in [1.54, 1.807) is 6.42 Å². The molecule has 2 bridgehead atoms. The second kappa shape index (κ2) is 5.37. The molecule has 0 radical (unpaired) electrons. The molecule has 0 aromatic carbocycles. The van der Waals surface area contributed by atoms with Crippen LogP contribution in [0.25, 0.3) is 0 Å². The fourth-order valence-electron chi connectivity index (χ4n) is 4.56. The minimum absolute atomic E-state index is 0.412. The van der Waals surface area contributed by atoms with E-state index in [1.807, 2.05) is 0 Å². The summed E-state index contributed by atoms with van der Waals surface area (Å²) in [5, 5.41) is 3.70. The smallest absolute Gasteiger partial charge is 0.00684 e. The molecule has 19 heavy (non-hydrogen) atoms. The highest BCUT2D eigenvalue weighted by Crippen LogP contribution is 2.48. The van der Waals surface area contributed by atoms with Crippen molar-refractivity contribution in [2.75, 3.05) is 26.7 Å². The highest BCUT2D eigenvalue weighted by Gasteiger charge is 2.39. The van der Waals surface area contributed by atoms with Crippen molar-refractivity contribution in [3.63, 3.8) is 0 Å². The normalized spacial score (nSPS) is 34.4. The second-order valence-corrected chi connectivity index (χ2v) is 8.45. The van der Waals surface area contributed by atoms with E-state index in [9.17, 15) is 0 Å². The van der Waals surface area contributed by atoms with E-state index in [4.69, 9.17) is 0 Å². The van der Waals surface area contributed by atoms with Crippen LogP contribution >= 0.6 is 0 Å². The number of hydrogen-bond donors (Lipinski definition) is 1. The van der Waals surface area contributed by atoms with E-state index >= 15 is 0 Å². The molecule has 3 aliphatic carbocycles. The van der Waals surface area contributed by atoms with Gasteiger partial charge < -0.3 is 10.2 Å². The highest BCUT2D eigenvalue weighted by atomic mass is 15.1. The van der Waals surface area contributed by atoms with Gasteiger partial charge in [-0.25, -0.2) is 0 Å². The Labute approximate surface area is 119 Å². The maximum absolute atomic E-state index is 3.70. The van der Waals surface area contributed by atoms with Gasteiger partial charge in [-0.2, -0.15) is 0 Å². The van der Waals surface area contributed by atoms with Crippen molar-refractivity contribution in [1.82, 2.24) is 10.2 Å². The average Bonchev–Trinajstić information content (AvgIpc) is 2.94. The van der Waals surface area contributed by atoms with Gasteiger partial charge in [0.05, 0.1) is 0 Å². The maximum Gasteiger partial charge on any atom is 0.00684 e. The van der Waals surface area contributed by atoms with Crippen LogP contribution in [-0.2, 0) is 0 Å². The molecule has 110 valence electrons. The Balaban J connectivity index is 1.40. The SMILES string of the molecule is CN(CC1CC2CCC1C2)CC(C)(C)CNC1CC1. The molecule has 0 saturated heterocycles. The molecule has 2 heteroatoms. The molecule has 3 atom stereocenters. The Morgan fingerprint density at radius 1 is 1.11 bits per heavy atom. The molecular formula is C17H32N2. The minimum Gasteiger partial charge on any atom is -0.313 e. The molecule has 0 aromatic rings. The van der Waals surface area contributed by atoms with Crippen LogP contribution in [0.3, 0.4) is 0 Å². The molecule has 3 rings (SSSR count). The third-order valence-corrected chi connectivity index (χ3v) is 5.58. The summed E-state index contributed by atoms with van der Waals surface area (Å²) in [5.41, 5.74) is 0.412. The molecule has 0 spiro atoms. The summed E-state index contributed by atoms with van der Waals surface area (Å²) in [5.74, 6) is 3.17. The van der Waals surface area contributed by atoms with Gasteiger partial charge in [-0.05, 0) is 62.3 Å². The van der Waals surface area contributed by atoms with E-state index in [-0.39, 0.29) is 0 Å². The Hall–Kier alpha value is -0.0800. The predicted molar refractivity (Wildman–Crippen MR) is 81.2 cm³/mol. The molecule has 0 aliphatic heterocycles. The van der Waals surface area contributed by atoms with Crippen molar-refractivity contribution in [2.24, 2.45) is 23.2 Å². The summed E-state index contributed by atoms with van der Waals surface area (Å²) in [7, 11) is 2.34. The van der Waals surface area contributed by atoms with Crippen LogP contribution in [0.2, 0.25) is 0 Å². The molecule has 3 saturated carbocycles. The van der Waals surface area contributed by atoms with Gasteiger partial charge in [0.1, 0.15) is 0 Å². The van der Waals surface area contributed by atoms with E-state index < -0.39 is 0 Å². The summed E-state index contributed by atoms with van der Waals surface area (Å²) < 4.78 is 0. The van der Waals surface area contributed by atoms with Gasteiger partial charge in [0.2, 0.25) is 0 Å². The monoisotopic (exact) mass is 264 g/mol. The lowest BCUT2D eigenvalue weighted by Gasteiger charge is -2.34. The Morgan fingerprint density at radius 2 is 1.89 bits per heavy atom. The lowest BCUT2D eigenvalue weighted by atomic mass is 9.87. The van der Waals surface area contributed by atoms with Crippen LogP contribution in [0.15, 0.2) is 0 Å². The summed E-state index contributed by atoms with van der Waals surface area (Å²) >= 11 is 0. The summed E-state index contributed by atoms with van der Waals surface area (Å²) in [4.78, 5) is 2.61. The van der Waals surface area contributed by atoms with Crippen molar-refractivity contribution in [3.8, 4) is 0 Å². The van der Waals surface area contributed by atoms with E-state index in [2.05, 4.69) is 31.1 Å². The molecule has 3 fully saturated rings. The molecule has 1 N–H and O–H groups in total. The van der Waals surface area contributed by atoms with Gasteiger partial charge in [0.25, 0.3) is 0 Å². The number of hydrogen-bond acceptors (Lipinski definition) is 2. The minimum atomic E-state index is 0.412. The van der Waals surface area contributed by atoms with E-state index in [1.165, 1.54) is 51.7 Å². The summed E-state index contributed by atoms with van der Waals surface area (Å²) in [6.07, 6.45) is 8.92. The zero-order valence-electron chi connectivity index (χ0n) is 13.1. The maximum atomic E-state index is 3.70. The molecule has 0 heterocycles. The summed E-state index contributed by atoms with van der Waals surface area (Å²) in [6, 6.07) is 0.843. The number of rotatable bonds is 7. The standard InChI is InChI=1S/C17H32N2/c1-17(2,11-18-16-6-7-16)12-19(3)10-15-9-13-4-5-14(15)8-13/h13-16,18H,4-12H2,1-3H3. The first-order valence-electron chi connectivity index (χ1n) is 8.44. The molecule has 0 aromatic heterocycles. The Bertz CT molecular complexity index is 308. The first-order chi connectivity index (χ1) is 9.02. The van der Waals surface area contributed by atoms with Crippen molar-refractivity contribution >= 4 is 0 Å². The molecular weight excluding hydrogens is 232 g/mol. The van der Waals surface area contributed by atoms with Gasteiger partial charge in [0, 0.05) is 25.7 Å². The first kappa shape index (κ1) is 13.9. The molecule has 3 aliphatic rings. The van der Waals surface area contributed by atoms with Gasteiger partial charge in [-0.1, -0.05) is 20.3 Å². The number of fused-ring (bicyclic) bond motifs is 2. The molecule has 3 unspecified atom stereocenters. The average molecular weight is 264 g/mol.